The molecule has 2 aromatic heterocycles. The largest absolute Gasteiger partial charge is 0.298 e. The standard InChI is InChI=1S/C24H22N4OS3/c29-23(19-8-4-5-9-21(19)31-15-18-14-30-16-25-18)27-24-26-20-10-11-28(13-22(20)32-24)12-17-6-2-1-3-7-17/h1-9,14,16H,10-13,15H2,(H,26,27,29). The van der Waals surface area contributed by atoms with E-state index in [1.165, 1.54) is 10.4 Å². The summed E-state index contributed by atoms with van der Waals surface area (Å²) < 4.78 is 0. The number of thioether (sulfide) groups is 1. The number of rotatable bonds is 7. The van der Waals surface area contributed by atoms with Crippen molar-refractivity contribution in [1.29, 1.82) is 0 Å². The molecule has 0 aliphatic carbocycles. The predicted molar refractivity (Wildman–Crippen MR) is 132 cm³/mol. The van der Waals surface area contributed by atoms with Crippen LogP contribution in [0.4, 0.5) is 5.13 Å². The van der Waals surface area contributed by atoms with Crippen molar-refractivity contribution in [3.63, 3.8) is 0 Å². The van der Waals surface area contributed by atoms with Gasteiger partial charge in [0, 0.05) is 47.0 Å². The number of anilines is 1. The van der Waals surface area contributed by atoms with Crippen LogP contribution in [0.2, 0.25) is 0 Å². The summed E-state index contributed by atoms with van der Waals surface area (Å²) in [6.07, 6.45) is 0.911. The minimum absolute atomic E-state index is 0.112. The van der Waals surface area contributed by atoms with E-state index in [1.807, 2.05) is 41.2 Å². The van der Waals surface area contributed by atoms with Crippen molar-refractivity contribution in [2.75, 3.05) is 11.9 Å². The average Bonchev–Trinajstić information content (AvgIpc) is 3.48. The summed E-state index contributed by atoms with van der Waals surface area (Å²) >= 11 is 4.81. The second-order valence-corrected chi connectivity index (χ2v) is 10.4. The molecule has 0 radical (unpaired) electrons. The lowest BCUT2D eigenvalue weighted by Crippen LogP contribution is -2.29. The highest BCUT2D eigenvalue weighted by Crippen LogP contribution is 2.31. The van der Waals surface area contributed by atoms with Crippen molar-refractivity contribution in [3.05, 3.63) is 92.9 Å². The van der Waals surface area contributed by atoms with Crippen molar-refractivity contribution in [1.82, 2.24) is 14.9 Å². The van der Waals surface area contributed by atoms with Gasteiger partial charge in [0.2, 0.25) is 0 Å². The number of hydrogen-bond donors (Lipinski definition) is 1. The van der Waals surface area contributed by atoms with Crippen LogP contribution in [0.3, 0.4) is 0 Å². The van der Waals surface area contributed by atoms with Crippen molar-refractivity contribution in [3.8, 4) is 0 Å². The van der Waals surface area contributed by atoms with E-state index in [4.69, 9.17) is 4.98 Å². The molecular formula is C24H22N4OS3. The predicted octanol–water partition coefficient (Wildman–Crippen LogP) is 5.70. The van der Waals surface area contributed by atoms with E-state index in [9.17, 15) is 4.79 Å². The van der Waals surface area contributed by atoms with Crippen LogP contribution in [0.15, 0.2) is 70.4 Å². The summed E-state index contributed by atoms with van der Waals surface area (Å²) in [5.41, 5.74) is 5.97. The lowest BCUT2D eigenvalue weighted by Gasteiger charge is -2.25. The van der Waals surface area contributed by atoms with Crippen molar-refractivity contribution < 1.29 is 4.79 Å². The van der Waals surface area contributed by atoms with Gasteiger partial charge >= 0.3 is 0 Å². The van der Waals surface area contributed by atoms with E-state index in [0.29, 0.717) is 10.7 Å². The quantitative estimate of drug-likeness (QED) is 0.345. The molecule has 0 spiro atoms. The van der Waals surface area contributed by atoms with E-state index in [-0.39, 0.29) is 5.91 Å². The number of fused-ring (bicyclic) bond motifs is 1. The molecule has 0 atom stereocenters. The molecule has 4 aromatic rings. The van der Waals surface area contributed by atoms with Gasteiger partial charge < -0.3 is 0 Å². The number of hydrogen-bond acceptors (Lipinski definition) is 7. The average molecular weight is 479 g/mol. The number of benzene rings is 2. The van der Waals surface area contributed by atoms with Crippen molar-refractivity contribution in [2.45, 2.75) is 30.2 Å². The maximum atomic E-state index is 13.0. The van der Waals surface area contributed by atoms with E-state index >= 15 is 0 Å². The molecule has 1 N–H and O–H groups in total. The van der Waals surface area contributed by atoms with Crippen LogP contribution in [0.1, 0.15) is 32.2 Å². The van der Waals surface area contributed by atoms with E-state index in [2.05, 4.69) is 39.5 Å². The molecule has 162 valence electrons. The molecule has 1 aliphatic heterocycles. The number of carbonyl (C=O) groups excluding carboxylic acids is 1. The lowest BCUT2D eigenvalue weighted by atomic mass is 10.1. The van der Waals surface area contributed by atoms with Crippen LogP contribution < -0.4 is 5.32 Å². The van der Waals surface area contributed by atoms with Crippen LogP contribution >= 0.6 is 34.4 Å². The molecule has 1 aliphatic rings. The van der Waals surface area contributed by atoms with E-state index in [0.717, 1.165) is 48.1 Å². The summed E-state index contributed by atoms with van der Waals surface area (Å²) in [6.45, 7) is 2.79. The molecule has 8 heteroatoms. The van der Waals surface area contributed by atoms with Gasteiger partial charge in [-0.25, -0.2) is 9.97 Å². The summed E-state index contributed by atoms with van der Waals surface area (Å²) in [5, 5.41) is 5.76. The van der Waals surface area contributed by atoms with Crippen molar-refractivity contribution in [2.24, 2.45) is 0 Å². The zero-order chi connectivity index (χ0) is 21.8. The van der Waals surface area contributed by atoms with Gasteiger partial charge in [0.1, 0.15) is 0 Å². The number of carbonyl (C=O) groups is 1. The fourth-order valence-corrected chi connectivity index (χ4v) is 6.35. The Kier molecular flexibility index (Phi) is 6.64. The first kappa shape index (κ1) is 21.3. The number of amides is 1. The Morgan fingerprint density at radius 1 is 1.12 bits per heavy atom. The van der Waals surface area contributed by atoms with Crippen molar-refractivity contribution >= 4 is 45.5 Å². The van der Waals surface area contributed by atoms with Gasteiger partial charge in [-0.3, -0.25) is 15.0 Å². The molecule has 2 aromatic carbocycles. The molecule has 3 heterocycles. The Hall–Kier alpha value is -2.52. The molecule has 5 rings (SSSR count). The Balaban J connectivity index is 1.24. The van der Waals surface area contributed by atoms with E-state index in [1.54, 1.807) is 34.4 Å². The van der Waals surface area contributed by atoms with Gasteiger partial charge in [-0.05, 0) is 17.7 Å². The normalized spacial score (nSPS) is 13.6. The molecule has 32 heavy (non-hydrogen) atoms. The van der Waals surface area contributed by atoms with Gasteiger partial charge in [-0.1, -0.05) is 42.5 Å². The minimum atomic E-state index is -0.112. The highest BCUT2D eigenvalue weighted by Gasteiger charge is 2.22. The first-order valence-corrected chi connectivity index (χ1v) is 13.1. The van der Waals surface area contributed by atoms with Gasteiger partial charge in [-0.15, -0.1) is 34.4 Å². The third-order valence-corrected chi connectivity index (χ3v) is 8.01. The second-order valence-electron chi connectivity index (χ2n) is 7.55. The molecular weight excluding hydrogens is 456 g/mol. The Labute approximate surface area is 199 Å². The number of nitrogens with zero attached hydrogens (tertiary/aromatic N) is 3. The summed E-state index contributed by atoms with van der Waals surface area (Å²) in [6, 6.07) is 18.3. The van der Waals surface area contributed by atoms with Crippen LogP contribution in [-0.4, -0.2) is 27.3 Å². The first-order valence-electron chi connectivity index (χ1n) is 10.4. The molecule has 5 nitrogen and oxygen atoms in total. The maximum absolute atomic E-state index is 13.0. The smallest absolute Gasteiger partial charge is 0.258 e. The summed E-state index contributed by atoms with van der Waals surface area (Å²) in [7, 11) is 0. The first-order chi connectivity index (χ1) is 15.7. The topological polar surface area (TPSA) is 58.1 Å². The molecule has 0 bridgehead atoms. The van der Waals surface area contributed by atoms with Gasteiger partial charge in [0.25, 0.3) is 5.91 Å². The van der Waals surface area contributed by atoms with E-state index < -0.39 is 0 Å². The fraction of sp³-hybridized carbons (Fsp3) is 0.208. The zero-order valence-electron chi connectivity index (χ0n) is 17.4. The number of nitrogens with one attached hydrogen (secondary N) is 1. The van der Waals surface area contributed by atoms with Crippen LogP contribution in [0.5, 0.6) is 0 Å². The Morgan fingerprint density at radius 3 is 2.81 bits per heavy atom. The monoisotopic (exact) mass is 478 g/mol. The third-order valence-electron chi connectivity index (χ3n) is 5.27. The third kappa shape index (κ3) is 5.10. The van der Waals surface area contributed by atoms with Gasteiger partial charge in [-0.2, -0.15) is 0 Å². The highest BCUT2D eigenvalue weighted by molar-refractivity contribution is 7.98. The van der Waals surface area contributed by atoms with Crippen LogP contribution in [0.25, 0.3) is 0 Å². The summed E-state index contributed by atoms with van der Waals surface area (Å²) in [4.78, 5) is 26.7. The lowest BCUT2D eigenvalue weighted by molar-refractivity contribution is 0.102. The fourth-order valence-electron chi connectivity index (χ4n) is 3.68. The molecule has 0 saturated carbocycles. The molecule has 1 amide bonds. The second kappa shape index (κ2) is 9.95. The summed E-state index contributed by atoms with van der Waals surface area (Å²) in [5.74, 6) is 0.634. The number of thiazole rings is 2. The maximum Gasteiger partial charge on any atom is 0.258 e. The SMILES string of the molecule is O=C(Nc1nc2c(s1)CN(Cc1ccccc1)CC2)c1ccccc1SCc1cscn1. The molecule has 0 fully saturated rings. The van der Waals surface area contributed by atoms with Crippen LogP contribution in [-0.2, 0) is 25.3 Å². The molecule has 0 unspecified atom stereocenters. The zero-order valence-corrected chi connectivity index (χ0v) is 19.8. The Morgan fingerprint density at radius 2 is 1.97 bits per heavy atom. The van der Waals surface area contributed by atoms with Crippen LogP contribution in [0, 0.1) is 0 Å². The highest BCUT2D eigenvalue weighted by atomic mass is 32.2. The Bertz CT molecular complexity index is 1190. The molecule has 0 saturated heterocycles. The van der Waals surface area contributed by atoms with Gasteiger partial charge in [0.05, 0.1) is 22.5 Å². The number of aromatic nitrogens is 2. The van der Waals surface area contributed by atoms with Gasteiger partial charge in [0.15, 0.2) is 5.13 Å². The minimum Gasteiger partial charge on any atom is -0.298 e.